The van der Waals surface area contributed by atoms with Crippen LogP contribution in [0.1, 0.15) is 38.2 Å². The lowest BCUT2D eigenvalue weighted by Crippen LogP contribution is -1.98. The highest BCUT2D eigenvalue weighted by Crippen LogP contribution is 2.15. The summed E-state index contributed by atoms with van der Waals surface area (Å²) in [5.41, 5.74) is 0.389. The molecule has 0 radical (unpaired) electrons. The zero-order valence-electron chi connectivity index (χ0n) is 11.6. The number of hydrogen-bond donors (Lipinski definition) is 1. The van der Waals surface area contributed by atoms with Crippen molar-refractivity contribution in [2.45, 2.75) is 32.6 Å². The maximum absolute atomic E-state index is 10.7. The molecular formula is C16H19NO3. The summed E-state index contributed by atoms with van der Waals surface area (Å²) in [5.74, 6) is -0.462. The number of carboxylic acid groups (broad SMARTS) is 1. The zero-order chi connectivity index (χ0) is 14.8. The van der Waals surface area contributed by atoms with Crippen molar-refractivity contribution >= 4 is 12.0 Å². The Morgan fingerprint density at radius 3 is 2.55 bits per heavy atom. The molecule has 1 aromatic carbocycles. The van der Waals surface area contributed by atoms with Gasteiger partial charge in [0, 0.05) is 0 Å². The summed E-state index contributed by atoms with van der Waals surface area (Å²) in [7, 11) is 0. The number of ether oxygens (including phenoxy) is 1. The number of rotatable bonds is 8. The van der Waals surface area contributed by atoms with E-state index in [-0.39, 0.29) is 5.57 Å². The SMILES string of the molecule is CCCCCCOc1ccc(/C=C(\C#N)C(=O)O)cc1. The Morgan fingerprint density at radius 1 is 1.30 bits per heavy atom. The highest BCUT2D eigenvalue weighted by molar-refractivity contribution is 5.96. The summed E-state index contributed by atoms with van der Waals surface area (Å²) < 4.78 is 5.58. The zero-order valence-corrected chi connectivity index (χ0v) is 11.6. The summed E-state index contributed by atoms with van der Waals surface area (Å²) in [4.78, 5) is 10.7. The minimum atomic E-state index is -1.22. The predicted molar refractivity (Wildman–Crippen MR) is 77.3 cm³/mol. The van der Waals surface area contributed by atoms with E-state index in [0.717, 1.165) is 12.2 Å². The van der Waals surface area contributed by atoms with Gasteiger partial charge in [-0.15, -0.1) is 0 Å². The molecule has 0 unspecified atom stereocenters. The molecule has 0 spiro atoms. The summed E-state index contributed by atoms with van der Waals surface area (Å²) in [6.07, 6.45) is 5.97. The largest absolute Gasteiger partial charge is 0.494 e. The molecule has 0 heterocycles. The molecular weight excluding hydrogens is 254 g/mol. The van der Waals surface area contributed by atoms with E-state index in [4.69, 9.17) is 15.1 Å². The second-order valence-electron chi connectivity index (χ2n) is 4.45. The van der Waals surface area contributed by atoms with Crippen molar-refractivity contribution < 1.29 is 14.6 Å². The van der Waals surface area contributed by atoms with Crippen molar-refractivity contribution in [1.82, 2.24) is 0 Å². The fourth-order valence-electron chi connectivity index (χ4n) is 1.69. The van der Waals surface area contributed by atoms with Gasteiger partial charge in [-0.2, -0.15) is 5.26 Å². The van der Waals surface area contributed by atoms with Crippen molar-refractivity contribution in [2.75, 3.05) is 6.61 Å². The highest BCUT2D eigenvalue weighted by atomic mass is 16.5. The van der Waals surface area contributed by atoms with Crippen LogP contribution < -0.4 is 4.74 Å². The number of nitrogens with zero attached hydrogens (tertiary/aromatic N) is 1. The van der Waals surface area contributed by atoms with Gasteiger partial charge < -0.3 is 9.84 Å². The fourth-order valence-corrected chi connectivity index (χ4v) is 1.69. The van der Waals surface area contributed by atoms with Crippen LogP contribution in [0.5, 0.6) is 5.75 Å². The summed E-state index contributed by atoms with van der Waals surface area (Å²) in [6.45, 7) is 2.85. The Kier molecular flexibility index (Phi) is 6.91. The molecule has 1 N–H and O–H groups in total. The van der Waals surface area contributed by atoms with Gasteiger partial charge in [-0.3, -0.25) is 0 Å². The van der Waals surface area contributed by atoms with Crippen LogP contribution in [-0.2, 0) is 4.79 Å². The number of hydrogen-bond acceptors (Lipinski definition) is 3. The number of carbonyl (C=O) groups is 1. The van der Waals surface area contributed by atoms with Crippen molar-refractivity contribution in [3.05, 3.63) is 35.4 Å². The Hall–Kier alpha value is -2.28. The normalized spacial score (nSPS) is 10.9. The van der Waals surface area contributed by atoms with Crippen LogP contribution >= 0.6 is 0 Å². The fraction of sp³-hybridized carbons (Fsp3) is 0.375. The van der Waals surface area contributed by atoms with Gasteiger partial charge in [-0.05, 0) is 30.2 Å². The molecule has 0 saturated heterocycles. The standard InChI is InChI=1S/C16H19NO3/c1-2-3-4-5-10-20-15-8-6-13(7-9-15)11-14(12-17)16(18)19/h6-9,11H,2-5,10H2,1H3,(H,18,19)/b14-11+. The third-order valence-electron chi connectivity index (χ3n) is 2.81. The molecule has 1 aromatic rings. The topological polar surface area (TPSA) is 70.3 Å². The Morgan fingerprint density at radius 2 is 2.00 bits per heavy atom. The van der Waals surface area contributed by atoms with Crippen LogP contribution in [0.15, 0.2) is 29.8 Å². The molecule has 0 aliphatic carbocycles. The maximum Gasteiger partial charge on any atom is 0.346 e. The third kappa shape index (κ3) is 5.57. The van der Waals surface area contributed by atoms with E-state index >= 15 is 0 Å². The van der Waals surface area contributed by atoms with Gasteiger partial charge >= 0.3 is 5.97 Å². The van der Waals surface area contributed by atoms with E-state index in [1.54, 1.807) is 30.3 Å². The lowest BCUT2D eigenvalue weighted by molar-refractivity contribution is -0.132. The number of unbranched alkanes of at least 4 members (excludes halogenated alkanes) is 3. The van der Waals surface area contributed by atoms with Crippen LogP contribution in [0.25, 0.3) is 6.08 Å². The smallest absolute Gasteiger partial charge is 0.346 e. The Labute approximate surface area is 119 Å². The third-order valence-corrected chi connectivity index (χ3v) is 2.81. The quantitative estimate of drug-likeness (QED) is 0.446. The van der Waals surface area contributed by atoms with Crippen molar-refractivity contribution in [3.8, 4) is 11.8 Å². The molecule has 0 aromatic heterocycles. The summed E-state index contributed by atoms with van der Waals surface area (Å²) >= 11 is 0. The Bertz CT molecular complexity index is 497. The average molecular weight is 273 g/mol. The van der Waals surface area contributed by atoms with Crippen LogP contribution in [0.4, 0.5) is 0 Å². The molecule has 4 heteroatoms. The molecule has 20 heavy (non-hydrogen) atoms. The van der Waals surface area contributed by atoms with E-state index in [0.29, 0.717) is 12.2 Å². The molecule has 0 fully saturated rings. The molecule has 0 saturated carbocycles. The second kappa shape index (κ2) is 8.76. The van der Waals surface area contributed by atoms with Gasteiger partial charge in [0.15, 0.2) is 0 Å². The molecule has 1 rings (SSSR count). The van der Waals surface area contributed by atoms with Crippen LogP contribution in [-0.4, -0.2) is 17.7 Å². The molecule has 0 aliphatic heterocycles. The Balaban J connectivity index is 2.52. The van der Waals surface area contributed by atoms with Crippen LogP contribution in [0.3, 0.4) is 0 Å². The van der Waals surface area contributed by atoms with Crippen molar-refractivity contribution in [3.63, 3.8) is 0 Å². The number of carboxylic acids is 1. The lowest BCUT2D eigenvalue weighted by atomic mass is 10.1. The average Bonchev–Trinajstić information content (AvgIpc) is 2.45. The van der Waals surface area contributed by atoms with Gasteiger partial charge in [0.05, 0.1) is 6.61 Å². The monoisotopic (exact) mass is 273 g/mol. The van der Waals surface area contributed by atoms with Crippen LogP contribution in [0, 0.1) is 11.3 Å². The van der Waals surface area contributed by atoms with E-state index in [1.807, 2.05) is 0 Å². The highest BCUT2D eigenvalue weighted by Gasteiger charge is 2.05. The molecule has 106 valence electrons. The van der Waals surface area contributed by atoms with Crippen molar-refractivity contribution in [1.29, 1.82) is 5.26 Å². The minimum absolute atomic E-state index is 0.279. The first-order valence-corrected chi connectivity index (χ1v) is 6.75. The van der Waals surface area contributed by atoms with E-state index < -0.39 is 5.97 Å². The number of nitriles is 1. The van der Waals surface area contributed by atoms with E-state index in [1.165, 1.54) is 25.3 Å². The van der Waals surface area contributed by atoms with Crippen LogP contribution in [0.2, 0.25) is 0 Å². The van der Waals surface area contributed by atoms with Crippen molar-refractivity contribution in [2.24, 2.45) is 0 Å². The predicted octanol–water partition coefficient (Wildman–Crippen LogP) is 3.64. The van der Waals surface area contributed by atoms with E-state index in [2.05, 4.69) is 6.92 Å². The molecule has 0 amide bonds. The molecule has 0 bridgehead atoms. The second-order valence-corrected chi connectivity index (χ2v) is 4.45. The molecule has 0 atom stereocenters. The van der Waals surface area contributed by atoms with Gasteiger partial charge in [0.1, 0.15) is 17.4 Å². The first-order valence-electron chi connectivity index (χ1n) is 6.75. The lowest BCUT2D eigenvalue weighted by Gasteiger charge is -2.06. The van der Waals surface area contributed by atoms with Gasteiger partial charge in [-0.1, -0.05) is 38.3 Å². The summed E-state index contributed by atoms with van der Waals surface area (Å²) in [6, 6.07) is 8.68. The first kappa shape index (κ1) is 15.8. The minimum Gasteiger partial charge on any atom is -0.494 e. The van der Waals surface area contributed by atoms with Gasteiger partial charge in [-0.25, -0.2) is 4.79 Å². The van der Waals surface area contributed by atoms with Gasteiger partial charge in [0.2, 0.25) is 0 Å². The van der Waals surface area contributed by atoms with E-state index in [9.17, 15) is 4.79 Å². The van der Waals surface area contributed by atoms with Gasteiger partial charge in [0.25, 0.3) is 0 Å². The number of aliphatic carboxylic acids is 1. The summed E-state index contributed by atoms with van der Waals surface area (Å²) in [5, 5.41) is 17.4. The number of benzene rings is 1. The maximum atomic E-state index is 10.7. The molecule has 4 nitrogen and oxygen atoms in total. The molecule has 0 aliphatic rings. The first-order chi connectivity index (χ1) is 9.67.